The van der Waals surface area contributed by atoms with Crippen LogP contribution in [0.15, 0.2) is 35.9 Å². The maximum atomic E-state index is 12.4. The van der Waals surface area contributed by atoms with Crippen molar-refractivity contribution < 1.29 is 4.79 Å². The number of aromatic nitrogens is 2. The number of nitrogens with zero attached hydrogens (tertiary/aromatic N) is 2. The number of para-hydroxylation sites is 1. The monoisotopic (exact) mass is 268 g/mol. The second-order valence-corrected chi connectivity index (χ2v) is 5.35. The van der Waals surface area contributed by atoms with E-state index in [4.69, 9.17) is 0 Å². The summed E-state index contributed by atoms with van der Waals surface area (Å²) in [6, 6.07) is 8.16. The summed E-state index contributed by atoms with van der Waals surface area (Å²) in [7, 11) is 0. The molecule has 0 saturated heterocycles. The molecular weight excluding hydrogens is 248 g/mol. The van der Waals surface area contributed by atoms with Crippen LogP contribution < -0.4 is 0 Å². The zero-order valence-corrected chi connectivity index (χ0v) is 11.9. The number of fused-ring (bicyclic) bond motifs is 1. The van der Waals surface area contributed by atoms with Gasteiger partial charge in [-0.05, 0) is 44.2 Å². The molecule has 0 saturated carbocycles. The topological polar surface area (TPSA) is 34.9 Å². The third-order valence-electron chi connectivity index (χ3n) is 4.01. The van der Waals surface area contributed by atoms with Gasteiger partial charge in [-0.3, -0.25) is 9.48 Å². The van der Waals surface area contributed by atoms with Crippen LogP contribution in [0.4, 0.5) is 0 Å². The molecule has 0 unspecified atom stereocenters. The van der Waals surface area contributed by atoms with Crippen LogP contribution in [0.25, 0.3) is 10.9 Å². The number of ketones is 1. The zero-order chi connectivity index (χ0) is 13.9. The summed E-state index contributed by atoms with van der Waals surface area (Å²) >= 11 is 0. The lowest BCUT2D eigenvalue weighted by atomic mass is 9.94. The van der Waals surface area contributed by atoms with Crippen molar-refractivity contribution >= 4 is 16.7 Å². The fourth-order valence-electron chi connectivity index (χ4n) is 2.92. The summed E-state index contributed by atoms with van der Waals surface area (Å²) < 4.78 is 1.98. The van der Waals surface area contributed by atoms with Gasteiger partial charge in [0.15, 0.2) is 5.78 Å². The molecule has 1 aromatic carbocycles. The lowest BCUT2D eigenvalue weighted by Crippen LogP contribution is -2.10. The van der Waals surface area contributed by atoms with Gasteiger partial charge in [-0.15, -0.1) is 0 Å². The Bertz CT molecular complexity index is 667. The van der Waals surface area contributed by atoms with E-state index in [1.54, 1.807) is 0 Å². The van der Waals surface area contributed by atoms with Gasteiger partial charge in [0.1, 0.15) is 0 Å². The minimum absolute atomic E-state index is 0.246. The Morgan fingerprint density at radius 3 is 2.90 bits per heavy atom. The molecule has 0 amide bonds. The number of Topliss-reactive ketones (excluding diaryl/α,β-unsaturated/α-hetero) is 1. The molecule has 0 bridgehead atoms. The average molecular weight is 268 g/mol. The van der Waals surface area contributed by atoms with Gasteiger partial charge >= 0.3 is 0 Å². The van der Waals surface area contributed by atoms with Gasteiger partial charge in [0.25, 0.3) is 0 Å². The first-order chi connectivity index (χ1) is 9.79. The fraction of sp³-hybridized carbons (Fsp3) is 0.412. The second kappa shape index (κ2) is 5.61. The van der Waals surface area contributed by atoms with Crippen LogP contribution >= 0.6 is 0 Å². The molecule has 0 radical (unpaired) electrons. The van der Waals surface area contributed by atoms with Gasteiger partial charge < -0.3 is 0 Å². The third kappa shape index (κ3) is 2.40. The predicted octanol–water partition coefficient (Wildman–Crippen LogP) is 3.67. The Hall–Kier alpha value is -1.90. The predicted molar refractivity (Wildman–Crippen MR) is 80.7 cm³/mol. The van der Waals surface area contributed by atoms with Crippen LogP contribution in [0.5, 0.6) is 0 Å². The van der Waals surface area contributed by atoms with E-state index in [9.17, 15) is 4.79 Å². The molecule has 0 atom stereocenters. The summed E-state index contributed by atoms with van der Waals surface area (Å²) in [6.07, 6.45) is 6.88. The van der Waals surface area contributed by atoms with Crippen molar-refractivity contribution in [2.45, 2.75) is 45.6 Å². The molecule has 104 valence electrons. The molecule has 1 aliphatic carbocycles. The van der Waals surface area contributed by atoms with E-state index < -0.39 is 0 Å². The molecule has 2 aromatic rings. The number of hydrogen-bond donors (Lipinski definition) is 0. The van der Waals surface area contributed by atoms with Crippen molar-refractivity contribution in [3.63, 3.8) is 0 Å². The van der Waals surface area contributed by atoms with Crippen LogP contribution in [0.1, 0.15) is 38.3 Å². The van der Waals surface area contributed by atoms with Crippen molar-refractivity contribution in [2.75, 3.05) is 0 Å². The van der Waals surface area contributed by atoms with Crippen LogP contribution in [0.3, 0.4) is 0 Å². The first-order valence-corrected chi connectivity index (χ1v) is 7.46. The number of hydrogen-bond acceptors (Lipinski definition) is 2. The van der Waals surface area contributed by atoms with Crippen LogP contribution in [-0.2, 0) is 17.8 Å². The van der Waals surface area contributed by atoms with Gasteiger partial charge in [0, 0.05) is 11.9 Å². The zero-order valence-electron chi connectivity index (χ0n) is 11.9. The molecular formula is C17H20N2O. The summed E-state index contributed by atoms with van der Waals surface area (Å²) in [6.45, 7) is 2.91. The summed E-state index contributed by atoms with van der Waals surface area (Å²) in [5.74, 6) is 0.246. The van der Waals surface area contributed by atoms with E-state index in [0.29, 0.717) is 6.42 Å². The summed E-state index contributed by atoms with van der Waals surface area (Å²) in [5, 5.41) is 5.72. The van der Waals surface area contributed by atoms with Gasteiger partial charge in [-0.2, -0.15) is 5.10 Å². The standard InChI is InChI=1S/C17H20N2O/c1-2-19-16-11-7-6-10-14(16)15(18-19)12-17(20)13-8-4-3-5-9-13/h6-8,10-11H,2-5,9,12H2,1H3. The first-order valence-electron chi connectivity index (χ1n) is 7.46. The largest absolute Gasteiger partial charge is 0.294 e. The normalized spacial score (nSPS) is 15.3. The van der Waals surface area contributed by atoms with Gasteiger partial charge in [0.2, 0.25) is 0 Å². The fourth-order valence-corrected chi connectivity index (χ4v) is 2.92. The lowest BCUT2D eigenvalue weighted by Gasteiger charge is -2.10. The van der Waals surface area contributed by atoms with E-state index >= 15 is 0 Å². The maximum Gasteiger partial charge on any atom is 0.164 e. The number of carbonyl (C=O) groups excluding carboxylic acids is 1. The maximum absolute atomic E-state index is 12.4. The minimum atomic E-state index is 0.246. The molecule has 1 aliphatic rings. The van der Waals surface area contributed by atoms with Crippen LogP contribution in [0, 0.1) is 0 Å². The quantitative estimate of drug-likeness (QED) is 0.848. The van der Waals surface area contributed by atoms with Crippen LogP contribution in [0.2, 0.25) is 0 Å². The Labute approximate surface area is 119 Å². The van der Waals surface area contributed by atoms with Crippen molar-refractivity contribution in [3.8, 4) is 0 Å². The molecule has 3 nitrogen and oxygen atoms in total. The van der Waals surface area contributed by atoms with Crippen molar-refractivity contribution in [1.82, 2.24) is 9.78 Å². The van der Waals surface area contributed by atoms with E-state index in [-0.39, 0.29) is 5.78 Å². The molecule has 0 aliphatic heterocycles. The number of allylic oxidation sites excluding steroid dienone is 2. The van der Waals surface area contributed by atoms with Crippen molar-refractivity contribution in [1.29, 1.82) is 0 Å². The molecule has 20 heavy (non-hydrogen) atoms. The number of benzene rings is 1. The van der Waals surface area contributed by atoms with Gasteiger partial charge in [-0.1, -0.05) is 24.3 Å². The minimum Gasteiger partial charge on any atom is -0.294 e. The van der Waals surface area contributed by atoms with E-state index in [0.717, 1.165) is 48.0 Å². The third-order valence-corrected chi connectivity index (χ3v) is 4.01. The van der Waals surface area contributed by atoms with E-state index in [2.05, 4.69) is 30.2 Å². The highest BCUT2D eigenvalue weighted by molar-refractivity contribution is 5.98. The molecule has 3 rings (SSSR count). The van der Waals surface area contributed by atoms with Crippen molar-refractivity contribution in [2.24, 2.45) is 0 Å². The number of rotatable bonds is 4. The Balaban J connectivity index is 1.91. The Kier molecular flexibility index (Phi) is 3.68. The van der Waals surface area contributed by atoms with Gasteiger partial charge in [-0.25, -0.2) is 0 Å². The number of carbonyl (C=O) groups is 1. The molecule has 3 heteroatoms. The highest BCUT2D eigenvalue weighted by Crippen LogP contribution is 2.23. The summed E-state index contributed by atoms with van der Waals surface area (Å²) in [5.41, 5.74) is 3.04. The van der Waals surface area contributed by atoms with Crippen LogP contribution in [-0.4, -0.2) is 15.6 Å². The second-order valence-electron chi connectivity index (χ2n) is 5.35. The molecule has 1 aromatic heterocycles. The Morgan fingerprint density at radius 1 is 1.30 bits per heavy atom. The molecule has 0 fully saturated rings. The van der Waals surface area contributed by atoms with Gasteiger partial charge in [0.05, 0.1) is 17.6 Å². The smallest absolute Gasteiger partial charge is 0.164 e. The SMILES string of the molecule is CCn1nc(CC(=O)C2=CCCCC2)c2ccccc21. The lowest BCUT2D eigenvalue weighted by molar-refractivity contribution is -0.115. The first kappa shape index (κ1) is 13.1. The average Bonchev–Trinajstić information content (AvgIpc) is 2.86. The number of aryl methyl sites for hydroxylation is 1. The van der Waals surface area contributed by atoms with E-state index in [1.165, 1.54) is 6.42 Å². The summed E-state index contributed by atoms with van der Waals surface area (Å²) in [4.78, 5) is 12.4. The van der Waals surface area contributed by atoms with Crippen molar-refractivity contribution in [3.05, 3.63) is 41.6 Å². The molecule has 0 spiro atoms. The highest BCUT2D eigenvalue weighted by Gasteiger charge is 2.17. The highest BCUT2D eigenvalue weighted by atomic mass is 16.1. The molecule has 1 heterocycles. The van der Waals surface area contributed by atoms with E-state index in [1.807, 2.05) is 16.8 Å². The Morgan fingerprint density at radius 2 is 2.15 bits per heavy atom. The molecule has 0 N–H and O–H groups in total.